The van der Waals surface area contributed by atoms with E-state index in [-0.39, 0.29) is 24.4 Å². The van der Waals surface area contributed by atoms with Crippen molar-refractivity contribution in [1.29, 1.82) is 0 Å². The van der Waals surface area contributed by atoms with E-state index in [2.05, 4.69) is 5.32 Å². The van der Waals surface area contributed by atoms with Crippen LogP contribution in [0, 0.1) is 17.6 Å². The van der Waals surface area contributed by atoms with Gasteiger partial charge in [0.1, 0.15) is 11.6 Å². The molecule has 1 aliphatic heterocycles. The van der Waals surface area contributed by atoms with E-state index >= 15 is 0 Å². The zero-order valence-corrected chi connectivity index (χ0v) is 16.7. The summed E-state index contributed by atoms with van der Waals surface area (Å²) >= 11 is 0. The number of nitrogens with one attached hydrogen (secondary N) is 1. The number of carbonyl (C=O) groups excluding carboxylic acids is 2. The molecular formula is C23H25F2N3O2. The van der Waals surface area contributed by atoms with Crippen LogP contribution in [0.2, 0.25) is 0 Å². The van der Waals surface area contributed by atoms with Crippen LogP contribution < -0.4 is 10.2 Å². The lowest BCUT2D eigenvalue weighted by atomic mass is 10.1. The molecule has 3 amide bonds. The highest BCUT2D eigenvalue weighted by Gasteiger charge is 2.29. The van der Waals surface area contributed by atoms with Gasteiger partial charge in [0.15, 0.2) is 0 Å². The van der Waals surface area contributed by atoms with Crippen molar-refractivity contribution in [3.8, 4) is 0 Å². The Balaban J connectivity index is 1.52. The number of nitrogens with zero attached hydrogens (tertiary/aromatic N) is 2. The molecule has 4 rings (SSSR count). The summed E-state index contributed by atoms with van der Waals surface area (Å²) in [4.78, 5) is 29.0. The van der Waals surface area contributed by atoms with E-state index in [9.17, 15) is 18.4 Å². The Bertz CT molecular complexity index is 924. The second-order valence-electron chi connectivity index (χ2n) is 7.97. The van der Waals surface area contributed by atoms with E-state index < -0.39 is 11.6 Å². The van der Waals surface area contributed by atoms with Crippen LogP contribution >= 0.6 is 0 Å². The molecule has 2 fully saturated rings. The number of hydrogen-bond acceptors (Lipinski definition) is 2. The molecule has 158 valence electrons. The minimum absolute atomic E-state index is 0.00324. The highest BCUT2D eigenvalue weighted by molar-refractivity contribution is 6.01. The van der Waals surface area contributed by atoms with E-state index in [1.54, 1.807) is 15.9 Å². The fraction of sp³-hybridized carbons (Fsp3) is 0.391. The molecule has 7 heteroatoms. The molecule has 0 spiro atoms. The van der Waals surface area contributed by atoms with Crippen LogP contribution in [0.1, 0.15) is 37.7 Å². The predicted octanol–water partition coefficient (Wildman–Crippen LogP) is 4.93. The lowest BCUT2D eigenvalue weighted by Gasteiger charge is -2.36. The van der Waals surface area contributed by atoms with Crippen molar-refractivity contribution >= 4 is 23.3 Å². The van der Waals surface area contributed by atoms with E-state index in [1.165, 1.54) is 12.1 Å². The number of carbonyl (C=O) groups is 2. The van der Waals surface area contributed by atoms with Gasteiger partial charge in [-0.3, -0.25) is 9.69 Å². The van der Waals surface area contributed by atoms with E-state index in [0.29, 0.717) is 36.4 Å². The number of benzene rings is 2. The lowest BCUT2D eigenvalue weighted by Crippen LogP contribution is -2.49. The van der Waals surface area contributed by atoms with Crippen LogP contribution in [0.15, 0.2) is 42.5 Å². The highest BCUT2D eigenvalue weighted by atomic mass is 19.1. The molecule has 2 aromatic rings. The Kier molecular flexibility index (Phi) is 5.97. The molecule has 30 heavy (non-hydrogen) atoms. The smallest absolute Gasteiger partial charge is 0.324 e. The molecule has 2 aromatic carbocycles. The number of para-hydroxylation sites is 2. The van der Waals surface area contributed by atoms with Gasteiger partial charge in [0.2, 0.25) is 5.91 Å². The van der Waals surface area contributed by atoms with Crippen LogP contribution in [-0.2, 0) is 11.3 Å². The van der Waals surface area contributed by atoms with Crippen molar-refractivity contribution < 1.29 is 18.4 Å². The van der Waals surface area contributed by atoms with Crippen molar-refractivity contribution in [1.82, 2.24) is 4.90 Å². The van der Waals surface area contributed by atoms with Crippen LogP contribution in [0.25, 0.3) is 0 Å². The van der Waals surface area contributed by atoms with Gasteiger partial charge in [0.25, 0.3) is 0 Å². The van der Waals surface area contributed by atoms with Gasteiger partial charge in [-0.2, -0.15) is 0 Å². The highest BCUT2D eigenvalue weighted by Crippen LogP contribution is 2.31. The first-order chi connectivity index (χ1) is 14.5. The predicted molar refractivity (Wildman–Crippen MR) is 111 cm³/mol. The molecule has 1 heterocycles. The standard InChI is InChI=1S/C23H25F2N3O2/c24-18-12-16(13-19(25)14-18)15-27-10-5-11-28(23(27)30)21-9-4-3-8-20(21)26-22(29)17-6-1-2-7-17/h3-4,8-9,12-14,17H,1-2,5-7,10-11,15H2,(H,26,29). The van der Waals surface area contributed by atoms with Gasteiger partial charge < -0.3 is 10.2 Å². The molecule has 0 radical (unpaired) electrons. The Labute approximate surface area is 174 Å². The van der Waals surface area contributed by atoms with Crippen molar-refractivity contribution in [3.05, 3.63) is 59.7 Å². The van der Waals surface area contributed by atoms with Crippen molar-refractivity contribution in [3.63, 3.8) is 0 Å². The second-order valence-corrected chi connectivity index (χ2v) is 7.97. The van der Waals surface area contributed by atoms with Gasteiger partial charge in [-0.15, -0.1) is 0 Å². The minimum atomic E-state index is -0.661. The van der Waals surface area contributed by atoms with Gasteiger partial charge >= 0.3 is 6.03 Å². The molecule has 0 aromatic heterocycles. The maximum atomic E-state index is 13.5. The fourth-order valence-corrected chi connectivity index (χ4v) is 4.31. The SMILES string of the molecule is O=C(Nc1ccccc1N1CCCN(Cc2cc(F)cc(F)c2)C1=O)C1CCCC1. The zero-order chi connectivity index (χ0) is 21.1. The number of anilines is 2. The number of rotatable bonds is 5. The fourth-order valence-electron chi connectivity index (χ4n) is 4.31. The third kappa shape index (κ3) is 4.45. The van der Waals surface area contributed by atoms with Crippen LogP contribution in [0.3, 0.4) is 0 Å². The summed E-state index contributed by atoms with van der Waals surface area (Å²) in [6, 6.07) is 10.3. The van der Waals surface area contributed by atoms with Crippen molar-refractivity contribution in [2.24, 2.45) is 5.92 Å². The summed E-state index contributed by atoms with van der Waals surface area (Å²) in [5.74, 6) is -1.30. The first-order valence-corrected chi connectivity index (χ1v) is 10.4. The zero-order valence-electron chi connectivity index (χ0n) is 16.7. The van der Waals surface area contributed by atoms with Gasteiger partial charge in [-0.25, -0.2) is 13.6 Å². The molecule has 1 N–H and O–H groups in total. The van der Waals surface area contributed by atoms with Crippen LogP contribution in [-0.4, -0.2) is 29.9 Å². The van der Waals surface area contributed by atoms with Crippen molar-refractivity contribution in [2.45, 2.75) is 38.6 Å². The van der Waals surface area contributed by atoms with E-state index in [0.717, 1.165) is 31.7 Å². The lowest BCUT2D eigenvalue weighted by molar-refractivity contribution is -0.119. The van der Waals surface area contributed by atoms with Gasteiger partial charge in [0.05, 0.1) is 11.4 Å². The largest absolute Gasteiger partial charge is 0.324 e. The summed E-state index contributed by atoms with van der Waals surface area (Å²) < 4.78 is 27.1. The third-order valence-electron chi connectivity index (χ3n) is 5.79. The molecule has 1 aliphatic carbocycles. The monoisotopic (exact) mass is 413 g/mol. The van der Waals surface area contributed by atoms with Gasteiger partial charge in [-0.05, 0) is 49.1 Å². The summed E-state index contributed by atoms with van der Waals surface area (Å²) in [7, 11) is 0. The molecule has 1 saturated heterocycles. The first kappa shape index (κ1) is 20.3. The second kappa shape index (κ2) is 8.81. The quantitative estimate of drug-likeness (QED) is 0.756. The van der Waals surface area contributed by atoms with Gasteiger partial charge in [0, 0.05) is 31.6 Å². The van der Waals surface area contributed by atoms with E-state index in [4.69, 9.17) is 0 Å². The minimum Gasteiger partial charge on any atom is -0.324 e. The Morgan fingerprint density at radius 3 is 2.43 bits per heavy atom. The average molecular weight is 413 g/mol. The molecule has 1 saturated carbocycles. The van der Waals surface area contributed by atoms with E-state index in [1.807, 2.05) is 18.2 Å². The normalized spacial score (nSPS) is 17.5. The molecule has 0 unspecified atom stereocenters. The summed E-state index contributed by atoms with van der Waals surface area (Å²) in [5, 5.41) is 3.00. The van der Waals surface area contributed by atoms with Gasteiger partial charge in [-0.1, -0.05) is 25.0 Å². The number of hydrogen-bond donors (Lipinski definition) is 1. The summed E-state index contributed by atoms with van der Waals surface area (Å²) in [6.07, 6.45) is 4.65. The molecule has 5 nitrogen and oxygen atoms in total. The molecular weight excluding hydrogens is 388 g/mol. The number of urea groups is 1. The first-order valence-electron chi connectivity index (χ1n) is 10.4. The Morgan fingerprint density at radius 1 is 1.00 bits per heavy atom. The van der Waals surface area contributed by atoms with Crippen LogP contribution in [0.4, 0.5) is 25.0 Å². The Hall–Kier alpha value is -2.96. The summed E-state index contributed by atoms with van der Waals surface area (Å²) in [6.45, 7) is 1.15. The molecule has 2 aliphatic rings. The Morgan fingerprint density at radius 2 is 1.70 bits per heavy atom. The number of amides is 3. The van der Waals surface area contributed by atoms with Crippen molar-refractivity contribution in [2.75, 3.05) is 23.3 Å². The molecule has 0 bridgehead atoms. The average Bonchev–Trinajstić information content (AvgIpc) is 3.25. The van der Waals surface area contributed by atoms with Crippen LogP contribution in [0.5, 0.6) is 0 Å². The molecule has 0 atom stereocenters. The summed E-state index contributed by atoms with van der Waals surface area (Å²) in [5.41, 5.74) is 1.66. The third-order valence-corrected chi connectivity index (χ3v) is 5.79. The number of halogens is 2. The topological polar surface area (TPSA) is 52.7 Å². The maximum Gasteiger partial charge on any atom is 0.324 e. The maximum absolute atomic E-state index is 13.5.